The summed E-state index contributed by atoms with van der Waals surface area (Å²) in [5.41, 5.74) is 4.30. The van der Waals surface area contributed by atoms with Crippen molar-refractivity contribution in [3.63, 3.8) is 0 Å². The van der Waals surface area contributed by atoms with Gasteiger partial charge in [0.15, 0.2) is 0 Å². The molecule has 0 amide bonds. The average Bonchev–Trinajstić information content (AvgIpc) is 3.44. The van der Waals surface area contributed by atoms with Crippen molar-refractivity contribution in [1.29, 1.82) is 0 Å². The first-order valence-electron chi connectivity index (χ1n) is 9.99. The summed E-state index contributed by atoms with van der Waals surface area (Å²) < 4.78 is 1.29. The Morgan fingerprint density at radius 3 is 2.60 bits per heavy atom. The van der Waals surface area contributed by atoms with Crippen LogP contribution in [0.4, 0.5) is 0 Å². The molecule has 5 aromatic rings. The molecule has 0 radical (unpaired) electrons. The largest absolute Gasteiger partial charge is 0.309 e. The Morgan fingerprint density at radius 2 is 1.83 bits per heavy atom. The Morgan fingerprint density at radius 1 is 0.967 bits per heavy atom. The van der Waals surface area contributed by atoms with Crippen molar-refractivity contribution in [3.8, 4) is 21.8 Å². The molecule has 6 nitrogen and oxygen atoms in total. The van der Waals surface area contributed by atoms with E-state index >= 15 is 0 Å². The van der Waals surface area contributed by atoms with Crippen molar-refractivity contribution >= 4 is 32.3 Å². The standard InChI is InChI=1S/C23H22N6S/c1-29(2)12-6-9-19-18-14-21(15-7-4-3-5-8-15)30-22(18)17-11-10-16(13-20(17)24-19)23-25-27-28-26-23/h3-5,7-8,10-11,13-14H,6,9,12H2,1-2H3,(H,25,26,27,28). The molecule has 0 atom stereocenters. The highest BCUT2D eigenvalue weighted by molar-refractivity contribution is 7.23. The normalized spacial score (nSPS) is 11.7. The van der Waals surface area contributed by atoms with E-state index in [2.05, 4.69) is 88.2 Å². The third-order valence-corrected chi connectivity index (χ3v) is 6.44. The smallest absolute Gasteiger partial charge is 0.204 e. The van der Waals surface area contributed by atoms with Crippen molar-refractivity contribution in [2.75, 3.05) is 20.6 Å². The topological polar surface area (TPSA) is 70.6 Å². The number of fused-ring (bicyclic) bond motifs is 3. The van der Waals surface area contributed by atoms with Gasteiger partial charge < -0.3 is 4.90 Å². The number of thiophene rings is 1. The number of nitrogens with zero attached hydrogens (tertiary/aromatic N) is 5. The van der Waals surface area contributed by atoms with Crippen LogP contribution in [0.1, 0.15) is 12.1 Å². The number of pyridine rings is 1. The third kappa shape index (κ3) is 3.58. The van der Waals surface area contributed by atoms with Gasteiger partial charge in [-0.25, -0.2) is 0 Å². The number of hydrogen-bond donors (Lipinski definition) is 1. The molecule has 0 fully saturated rings. The highest BCUT2D eigenvalue weighted by Gasteiger charge is 2.15. The number of aromatic nitrogens is 5. The summed E-state index contributed by atoms with van der Waals surface area (Å²) in [7, 11) is 4.22. The molecule has 30 heavy (non-hydrogen) atoms. The van der Waals surface area contributed by atoms with Crippen LogP contribution in [0.3, 0.4) is 0 Å². The summed E-state index contributed by atoms with van der Waals surface area (Å²) in [6.45, 7) is 1.04. The monoisotopic (exact) mass is 414 g/mol. The Labute approximate surface area is 178 Å². The van der Waals surface area contributed by atoms with Crippen LogP contribution in [-0.4, -0.2) is 51.1 Å². The van der Waals surface area contributed by atoms with Crippen molar-refractivity contribution in [2.24, 2.45) is 0 Å². The molecule has 3 aromatic heterocycles. The van der Waals surface area contributed by atoms with Gasteiger partial charge in [-0.1, -0.05) is 42.5 Å². The Hall–Kier alpha value is -3.16. The summed E-state index contributed by atoms with van der Waals surface area (Å²) in [6.07, 6.45) is 2.02. The third-order valence-electron chi connectivity index (χ3n) is 5.22. The minimum Gasteiger partial charge on any atom is -0.309 e. The zero-order valence-electron chi connectivity index (χ0n) is 17.0. The lowest BCUT2D eigenvalue weighted by Gasteiger charge is -2.10. The van der Waals surface area contributed by atoms with E-state index in [1.54, 1.807) is 0 Å². The van der Waals surface area contributed by atoms with E-state index in [9.17, 15) is 0 Å². The lowest BCUT2D eigenvalue weighted by atomic mass is 10.0. The molecule has 7 heteroatoms. The predicted octanol–water partition coefficient (Wildman–Crippen LogP) is 4.79. The van der Waals surface area contributed by atoms with E-state index in [0.29, 0.717) is 5.82 Å². The van der Waals surface area contributed by atoms with Crippen LogP contribution in [-0.2, 0) is 6.42 Å². The van der Waals surface area contributed by atoms with Crippen LogP contribution in [0, 0.1) is 0 Å². The molecule has 150 valence electrons. The molecule has 5 rings (SSSR count). The van der Waals surface area contributed by atoms with E-state index in [1.807, 2.05) is 17.4 Å². The number of nitrogens with one attached hydrogen (secondary N) is 1. The molecule has 0 aliphatic carbocycles. The zero-order valence-corrected chi connectivity index (χ0v) is 17.8. The van der Waals surface area contributed by atoms with Gasteiger partial charge in [-0.3, -0.25) is 4.98 Å². The summed E-state index contributed by atoms with van der Waals surface area (Å²) in [5.74, 6) is 0.587. The zero-order chi connectivity index (χ0) is 20.5. The van der Waals surface area contributed by atoms with Gasteiger partial charge >= 0.3 is 0 Å². The van der Waals surface area contributed by atoms with Crippen LogP contribution in [0.25, 0.3) is 42.8 Å². The fourth-order valence-electron chi connectivity index (χ4n) is 3.75. The van der Waals surface area contributed by atoms with Gasteiger partial charge in [0.2, 0.25) is 5.82 Å². The molecule has 3 heterocycles. The molecular formula is C23H22N6S. The molecule has 0 spiro atoms. The molecule has 0 unspecified atom stereocenters. The maximum Gasteiger partial charge on any atom is 0.204 e. The van der Waals surface area contributed by atoms with E-state index < -0.39 is 0 Å². The molecular weight excluding hydrogens is 392 g/mol. The van der Waals surface area contributed by atoms with Gasteiger partial charge in [-0.05, 0) is 56.4 Å². The number of H-pyrrole nitrogens is 1. The van der Waals surface area contributed by atoms with Crippen molar-refractivity contribution in [1.82, 2.24) is 30.5 Å². The number of benzene rings is 2. The van der Waals surface area contributed by atoms with E-state index in [4.69, 9.17) is 4.98 Å². The first kappa shape index (κ1) is 18.8. The number of rotatable bonds is 6. The lowest BCUT2D eigenvalue weighted by Crippen LogP contribution is -2.13. The first-order valence-corrected chi connectivity index (χ1v) is 10.8. The molecule has 0 saturated heterocycles. The molecule has 0 aliphatic rings. The lowest BCUT2D eigenvalue weighted by molar-refractivity contribution is 0.400. The van der Waals surface area contributed by atoms with Gasteiger partial charge in [0.1, 0.15) is 0 Å². The van der Waals surface area contributed by atoms with Gasteiger partial charge in [0, 0.05) is 31.6 Å². The van der Waals surface area contributed by atoms with Crippen LogP contribution in [0.15, 0.2) is 54.6 Å². The first-order chi connectivity index (χ1) is 14.7. The summed E-state index contributed by atoms with van der Waals surface area (Å²) >= 11 is 1.84. The Bertz CT molecular complexity index is 1290. The molecule has 0 aliphatic heterocycles. The molecule has 0 saturated carbocycles. The second-order valence-electron chi connectivity index (χ2n) is 7.65. The fraction of sp³-hybridized carbons (Fsp3) is 0.217. The second-order valence-corrected chi connectivity index (χ2v) is 8.70. The highest BCUT2D eigenvalue weighted by atomic mass is 32.1. The number of aryl methyl sites for hydroxylation is 1. The average molecular weight is 415 g/mol. The maximum absolute atomic E-state index is 5.08. The van der Waals surface area contributed by atoms with Gasteiger partial charge in [0.25, 0.3) is 0 Å². The highest BCUT2D eigenvalue weighted by Crippen LogP contribution is 2.39. The van der Waals surface area contributed by atoms with Crippen molar-refractivity contribution in [2.45, 2.75) is 12.8 Å². The minimum atomic E-state index is 0.587. The van der Waals surface area contributed by atoms with E-state index in [1.165, 1.54) is 25.9 Å². The van der Waals surface area contributed by atoms with E-state index in [0.717, 1.165) is 36.2 Å². The van der Waals surface area contributed by atoms with Crippen molar-refractivity contribution in [3.05, 3.63) is 60.3 Å². The maximum atomic E-state index is 5.08. The van der Waals surface area contributed by atoms with Crippen LogP contribution < -0.4 is 0 Å². The quantitative estimate of drug-likeness (QED) is 0.432. The minimum absolute atomic E-state index is 0.587. The Kier molecular flexibility index (Phi) is 4.98. The SMILES string of the molecule is CN(C)CCCc1nc2cc(-c3nn[nH]n3)ccc2c2sc(-c3ccccc3)cc12. The summed E-state index contributed by atoms with van der Waals surface area (Å²) in [5, 5.41) is 16.9. The molecule has 0 bridgehead atoms. The van der Waals surface area contributed by atoms with Crippen LogP contribution in [0.2, 0.25) is 0 Å². The number of aromatic amines is 1. The number of hydrogen-bond acceptors (Lipinski definition) is 6. The van der Waals surface area contributed by atoms with Crippen LogP contribution in [0.5, 0.6) is 0 Å². The second kappa shape index (κ2) is 7.93. The molecule has 1 N–H and O–H groups in total. The van der Waals surface area contributed by atoms with Crippen LogP contribution >= 0.6 is 11.3 Å². The summed E-state index contributed by atoms with van der Waals surface area (Å²) in [4.78, 5) is 8.57. The van der Waals surface area contributed by atoms with E-state index in [-0.39, 0.29) is 0 Å². The molecule has 2 aromatic carbocycles. The number of tetrazole rings is 1. The fourth-order valence-corrected chi connectivity index (χ4v) is 4.97. The summed E-state index contributed by atoms with van der Waals surface area (Å²) in [6, 6.07) is 19.1. The Balaban J connectivity index is 1.67. The van der Waals surface area contributed by atoms with Crippen molar-refractivity contribution < 1.29 is 0 Å². The van der Waals surface area contributed by atoms with Gasteiger partial charge in [0.05, 0.1) is 5.52 Å². The van der Waals surface area contributed by atoms with Gasteiger partial charge in [-0.2, -0.15) is 5.21 Å². The predicted molar refractivity (Wildman–Crippen MR) is 123 cm³/mol. The van der Waals surface area contributed by atoms with Gasteiger partial charge in [-0.15, -0.1) is 21.5 Å².